The third-order valence-corrected chi connectivity index (χ3v) is 18.8. The number of allylic oxidation sites excluding steroid dienone is 3. The third kappa shape index (κ3) is 6.15. The number of fused-ring (bicyclic) bond motifs is 8. The van der Waals surface area contributed by atoms with Crippen molar-refractivity contribution in [2.45, 2.75) is 124 Å². The highest BCUT2D eigenvalue weighted by Crippen LogP contribution is 2.76. The third-order valence-electron chi connectivity index (χ3n) is 18.8. The van der Waals surface area contributed by atoms with E-state index >= 15 is 0 Å². The van der Waals surface area contributed by atoms with E-state index in [1.54, 1.807) is 12.1 Å². The van der Waals surface area contributed by atoms with Gasteiger partial charge < -0.3 is 15.7 Å². The second-order valence-corrected chi connectivity index (χ2v) is 21.6. The first kappa shape index (κ1) is 39.3. The summed E-state index contributed by atoms with van der Waals surface area (Å²) in [5.74, 6) is 3.58. The van der Waals surface area contributed by atoms with Gasteiger partial charge in [-0.05, 0) is 163 Å². The minimum atomic E-state index is -0.870. The fourth-order valence-corrected chi connectivity index (χ4v) is 15.9. The van der Waals surface area contributed by atoms with Gasteiger partial charge in [-0.15, -0.1) is 0 Å². The van der Waals surface area contributed by atoms with Gasteiger partial charge in [0, 0.05) is 31.2 Å². The van der Waals surface area contributed by atoms with Gasteiger partial charge >= 0.3 is 5.97 Å². The highest BCUT2D eigenvalue weighted by Gasteiger charge is 2.70. The Morgan fingerprint density at radius 1 is 0.877 bits per heavy atom. The van der Waals surface area contributed by atoms with Gasteiger partial charge in [0.1, 0.15) is 0 Å². The van der Waals surface area contributed by atoms with Gasteiger partial charge in [0.25, 0.3) is 0 Å². The number of nitrogens with zero attached hydrogens (tertiary/aromatic N) is 1. The van der Waals surface area contributed by atoms with Crippen molar-refractivity contribution in [2.24, 2.45) is 63.1 Å². The zero-order valence-corrected chi connectivity index (χ0v) is 35.7. The van der Waals surface area contributed by atoms with E-state index in [2.05, 4.69) is 100 Å². The number of benzene rings is 2. The number of nitrogens with one attached hydrogen (secondary N) is 2. The highest BCUT2D eigenvalue weighted by molar-refractivity contribution is 5.88. The summed E-state index contributed by atoms with van der Waals surface area (Å²) in [6, 6.07) is 19.0. The fraction of sp³-hybridized carbons (Fsp3) is 0.647. The maximum absolute atomic E-state index is 14.1. The highest BCUT2D eigenvalue weighted by atomic mass is 16.4. The second kappa shape index (κ2) is 13.9. The van der Waals surface area contributed by atoms with Crippen molar-refractivity contribution in [3.05, 3.63) is 89.5 Å². The lowest BCUT2D eigenvalue weighted by molar-refractivity contribution is -0.219. The van der Waals surface area contributed by atoms with Crippen molar-refractivity contribution in [2.75, 3.05) is 19.6 Å². The van der Waals surface area contributed by atoms with Crippen LogP contribution in [0.25, 0.3) is 5.57 Å². The van der Waals surface area contributed by atoms with Crippen LogP contribution in [0.1, 0.15) is 127 Å². The lowest BCUT2D eigenvalue weighted by atomic mass is 9.33. The molecule has 1 heterocycles. The maximum atomic E-state index is 14.1. The fourth-order valence-electron chi connectivity index (χ4n) is 15.9. The Morgan fingerprint density at radius 3 is 2.35 bits per heavy atom. The predicted octanol–water partition coefficient (Wildman–Crippen LogP) is 10.0. The van der Waals surface area contributed by atoms with Crippen LogP contribution in [0.3, 0.4) is 0 Å². The Bertz CT molecular complexity index is 1940. The molecule has 306 valence electrons. The Labute approximate surface area is 342 Å². The van der Waals surface area contributed by atoms with Crippen molar-refractivity contribution in [3.8, 4) is 0 Å². The molecule has 1 aliphatic heterocycles. The minimum absolute atomic E-state index is 0.00827. The molecule has 7 aliphatic rings. The minimum Gasteiger partial charge on any atom is -0.478 e. The van der Waals surface area contributed by atoms with Crippen molar-refractivity contribution in [1.29, 1.82) is 0 Å². The number of aromatic carboxylic acids is 1. The number of rotatable bonds is 10. The van der Waals surface area contributed by atoms with Crippen molar-refractivity contribution in [1.82, 2.24) is 15.5 Å². The Morgan fingerprint density at radius 2 is 1.63 bits per heavy atom. The molecule has 6 nitrogen and oxygen atoms in total. The topological polar surface area (TPSA) is 81.7 Å². The molecular formula is C51H69N3O3. The summed E-state index contributed by atoms with van der Waals surface area (Å²) >= 11 is 0. The summed E-state index contributed by atoms with van der Waals surface area (Å²) < 4.78 is 0. The molecule has 5 saturated carbocycles. The number of carbonyl (C=O) groups excluding carboxylic acids is 1. The largest absolute Gasteiger partial charge is 0.478 e. The number of carboxylic acids is 1. The summed E-state index contributed by atoms with van der Waals surface area (Å²) in [4.78, 5) is 28.4. The van der Waals surface area contributed by atoms with Crippen LogP contribution in [0.4, 0.5) is 0 Å². The first-order valence-electron chi connectivity index (χ1n) is 22.6. The lowest BCUT2D eigenvalue weighted by Gasteiger charge is -2.72. The number of piperidine rings is 1. The Balaban J connectivity index is 0.917. The van der Waals surface area contributed by atoms with Crippen LogP contribution in [0, 0.1) is 63.1 Å². The van der Waals surface area contributed by atoms with Crippen LogP contribution in [-0.4, -0.2) is 53.1 Å². The van der Waals surface area contributed by atoms with Crippen LogP contribution in [0.5, 0.6) is 0 Å². The summed E-state index contributed by atoms with van der Waals surface area (Å²) in [5.41, 5.74) is 6.06. The molecule has 2 aromatic rings. The second-order valence-electron chi connectivity index (χ2n) is 21.6. The average molecular weight is 772 g/mol. The maximum Gasteiger partial charge on any atom is 0.335 e. The molecule has 6 fully saturated rings. The molecule has 0 radical (unpaired) electrons. The monoisotopic (exact) mass is 772 g/mol. The van der Waals surface area contributed by atoms with E-state index < -0.39 is 5.97 Å². The first-order chi connectivity index (χ1) is 27.1. The van der Waals surface area contributed by atoms with Gasteiger partial charge in [-0.25, -0.2) is 4.79 Å². The van der Waals surface area contributed by atoms with Crippen LogP contribution in [-0.2, 0) is 11.3 Å². The van der Waals surface area contributed by atoms with Gasteiger partial charge in [-0.2, -0.15) is 0 Å². The molecule has 6 heteroatoms. The average Bonchev–Trinajstić information content (AvgIpc) is 3.70. The molecule has 3 N–H and O–H groups in total. The summed E-state index contributed by atoms with van der Waals surface area (Å²) in [6.07, 6.45) is 14.4. The molecule has 1 saturated heterocycles. The van der Waals surface area contributed by atoms with Gasteiger partial charge in [-0.1, -0.05) is 95.3 Å². The van der Waals surface area contributed by atoms with E-state index in [4.69, 9.17) is 0 Å². The Hall–Kier alpha value is -3.22. The van der Waals surface area contributed by atoms with E-state index in [1.165, 1.54) is 67.3 Å². The van der Waals surface area contributed by atoms with Gasteiger partial charge in [-0.3, -0.25) is 9.69 Å². The van der Waals surface area contributed by atoms with Crippen LogP contribution < -0.4 is 10.6 Å². The molecule has 9 rings (SSSR count). The molecule has 0 bridgehead atoms. The summed E-state index contributed by atoms with van der Waals surface area (Å²) in [6.45, 7) is 23.3. The zero-order valence-electron chi connectivity index (χ0n) is 35.7. The molecule has 2 aromatic carbocycles. The zero-order chi connectivity index (χ0) is 40.1. The van der Waals surface area contributed by atoms with E-state index in [9.17, 15) is 14.7 Å². The van der Waals surface area contributed by atoms with Crippen LogP contribution in [0.2, 0.25) is 0 Å². The van der Waals surface area contributed by atoms with Gasteiger partial charge in [0.15, 0.2) is 0 Å². The quantitative estimate of drug-likeness (QED) is 0.210. The van der Waals surface area contributed by atoms with Crippen molar-refractivity contribution >= 4 is 17.4 Å². The van der Waals surface area contributed by atoms with Crippen LogP contribution >= 0.6 is 0 Å². The van der Waals surface area contributed by atoms with Crippen molar-refractivity contribution < 1.29 is 14.7 Å². The molecule has 2 unspecified atom stereocenters. The van der Waals surface area contributed by atoms with Crippen molar-refractivity contribution in [3.63, 3.8) is 0 Å². The molecule has 1 amide bonds. The van der Waals surface area contributed by atoms with E-state index in [1.807, 2.05) is 12.1 Å². The molecular weight excluding hydrogens is 703 g/mol. The van der Waals surface area contributed by atoms with Gasteiger partial charge in [0.05, 0.1) is 12.1 Å². The number of likely N-dealkylation sites (tertiary alicyclic amines) is 1. The lowest BCUT2D eigenvalue weighted by Crippen LogP contribution is -2.68. The summed E-state index contributed by atoms with van der Waals surface area (Å²) in [7, 11) is 0. The molecule has 12 atom stereocenters. The van der Waals surface area contributed by atoms with E-state index in [-0.39, 0.29) is 33.1 Å². The number of hydrogen-bond donors (Lipinski definition) is 3. The Kier molecular flexibility index (Phi) is 9.59. The molecule has 0 spiro atoms. The number of hydrogen-bond acceptors (Lipinski definition) is 4. The summed E-state index contributed by atoms with van der Waals surface area (Å²) in [5, 5.41) is 17.0. The molecule has 0 aromatic heterocycles. The van der Waals surface area contributed by atoms with Gasteiger partial charge in [0.2, 0.25) is 5.91 Å². The predicted molar refractivity (Wildman–Crippen MR) is 229 cm³/mol. The molecule has 6 aliphatic carbocycles. The van der Waals surface area contributed by atoms with E-state index in [0.717, 1.165) is 50.6 Å². The van der Waals surface area contributed by atoms with E-state index in [0.29, 0.717) is 47.7 Å². The first-order valence-corrected chi connectivity index (χ1v) is 22.6. The normalized spacial score (nSPS) is 41.4. The number of carbonyl (C=O) groups is 2. The number of amides is 1. The smallest absolute Gasteiger partial charge is 0.335 e. The van der Waals surface area contributed by atoms with Crippen LogP contribution in [0.15, 0.2) is 72.8 Å². The molecule has 57 heavy (non-hydrogen) atoms. The number of carboxylic acid groups (broad SMARTS) is 1. The SMILES string of the molecule is C=C(C)[C@@H]1CC[C@]2(NC(=O)CNC[C@@H]3C4CC4CN3Cc3ccccc3)CC[C@]3(C)[C@H](CC[C@@H]4[C@@]5(C)CC=C(c6ccc(C(=O)O)cc6)C(C)(C)[C@@H]5CC[C@]43C)[C@@H]12. The standard InChI is InChI=1S/C51H69N3O3/c1-32(2)37-19-24-51(53-44(55)29-52-28-41-38-27-36(38)31-54(41)30-33-11-9-8-10-12-33)26-25-49(6)40(45(37)51)17-18-43-48(5)22-20-39(34-13-15-35(16-14-34)46(56)57)47(3,4)42(48)21-23-50(43,49)7/h8-16,20,36-38,40-43,45,52H,1,17-19,21-31H2,2-7H3,(H,53,55)(H,56,57)/t36?,37-,38?,40+,41+,42-,43+,45+,48-,49+,50+,51-/m0/s1.